The van der Waals surface area contributed by atoms with Crippen molar-refractivity contribution in [3.63, 3.8) is 0 Å². The van der Waals surface area contributed by atoms with Gasteiger partial charge in [-0.1, -0.05) is 12.1 Å². The van der Waals surface area contributed by atoms with Crippen LogP contribution in [0.1, 0.15) is 62.2 Å². The van der Waals surface area contributed by atoms with Crippen molar-refractivity contribution in [3.05, 3.63) is 47.8 Å². The fraction of sp³-hybridized carbons (Fsp3) is 0.417. The average Bonchev–Trinajstić information content (AvgIpc) is 3.55. The lowest BCUT2D eigenvalue weighted by atomic mass is 9.92. The van der Waals surface area contributed by atoms with Gasteiger partial charge in [-0.2, -0.15) is 23.2 Å². The van der Waals surface area contributed by atoms with Crippen molar-refractivity contribution in [2.75, 3.05) is 0 Å². The first-order valence-corrected chi connectivity index (χ1v) is 12.7. The van der Waals surface area contributed by atoms with E-state index in [4.69, 9.17) is 0 Å². The van der Waals surface area contributed by atoms with Gasteiger partial charge in [0, 0.05) is 23.0 Å². The molecule has 1 N–H and O–H groups in total. The van der Waals surface area contributed by atoms with Crippen LogP contribution in [0.15, 0.2) is 41.4 Å². The molecule has 2 fully saturated rings. The summed E-state index contributed by atoms with van der Waals surface area (Å²) in [5.41, 5.74) is 3.68. The van der Waals surface area contributed by atoms with Crippen LogP contribution < -0.4 is 4.72 Å². The van der Waals surface area contributed by atoms with Crippen LogP contribution in [0.5, 0.6) is 0 Å². The smallest absolute Gasteiger partial charge is 0.335 e. The van der Waals surface area contributed by atoms with Crippen molar-refractivity contribution in [1.29, 1.82) is 5.26 Å². The molecule has 6 nitrogen and oxygen atoms in total. The number of halogens is 3. The predicted molar refractivity (Wildman–Crippen MR) is 121 cm³/mol. The lowest BCUT2D eigenvalue weighted by Gasteiger charge is -2.30. The molecule has 34 heavy (non-hydrogen) atoms. The Kier molecular flexibility index (Phi) is 5.45. The summed E-state index contributed by atoms with van der Waals surface area (Å²) >= 11 is 0. The maximum Gasteiger partial charge on any atom is 0.404 e. The molecular formula is C24H23F3N4O2S. The molecule has 0 amide bonds. The summed E-state index contributed by atoms with van der Waals surface area (Å²) in [6.07, 6.45) is 2.34. The number of nitrogens with zero attached hydrogens (tertiary/aromatic N) is 3. The van der Waals surface area contributed by atoms with Gasteiger partial charge < -0.3 is 4.57 Å². The molecule has 3 aromatic rings. The normalized spacial score (nSPS) is 18.0. The number of fused-ring (bicyclic) bond motifs is 1. The second-order valence-corrected chi connectivity index (χ2v) is 10.8. The van der Waals surface area contributed by atoms with Crippen LogP contribution >= 0.6 is 0 Å². The molecule has 0 unspecified atom stereocenters. The fourth-order valence-corrected chi connectivity index (χ4v) is 5.64. The summed E-state index contributed by atoms with van der Waals surface area (Å²) in [4.78, 5) is 4.37. The Balaban J connectivity index is 1.58. The van der Waals surface area contributed by atoms with Crippen molar-refractivity contribution >= 4 is 20.9 Å². The molecule has 178 valence electrons. The van der Waals surface area contributed by atoms with Gasteiger partial charge in [0.15, 0.2) is 0 Å². The number of benzene rings is 1. The molecule has 0 spiro atoms. The van der Waals surface area contributed by atoms with E-state index in [9.17, 15) is 26.9 Å². The Bertz CT molecular complexity index is 1400. The number of alkyl halides is 3. The van der Waals surface area contributed by atoms with E-state index in [-0.39, 0.29) is 10.9 Å². The van der Waals surface area contributed by atoms with Crippen molar-refractivity contribution in [1.82, 2.24) is 14.3 Å². The summed E-state index contributed by atoms with van der Waals surface area (Å²) in [5.74, 6) is 0.433. The molecule has 2 saturated carbocycles. The molecule has 0 bridgehead atoms. The third kappa shape index (κ3) is 3.97. The number of hydrogen-bond acceptors (Lipinski definition) is 4. The van der Waals surface area contributed by atoms with E-state index in [0.29, 0.717) is 22.7 Å². The number of nitrogens with one attached hydrogen (secondary N) is 1. The van der Waals surface area contributed by atoms with Crippen molar-refractivity contribution in [2.45, 2.75) is 68.1 Å². The Morgan fingerprint density at radius 1 is 1.18 bits per heavy atom. The Morgan fingerprint density at radius 2 is 1.85 bits per heavy atom. The Hall–Kier alpha value is -2.90. The Labute approximate surface area is 195 Å². The van der Waals surface area contributed by atoms with E-state index in [1.807, 2.05) is 12.3 Å². The van der Waals surface area contributed by atoms with Crippen molar-refractivity contribution < 1.29 is 21.6 Å². The minimum Gasteiger partial charge on any atom is -0.335 e. The lowest BCUT2D eigenvalue weighted by Crippen LogP contribution is -2.42. The largest absolute Gasteiger partial charge is 0.404 e. The highest BCUT2D eigenvalue weighted by Gasteiger charge is 2.39. The first-order chi connectivity index (χ1) is 16.1. The third-order valence-corrected chi connectivity index (χ3v) is 8.28. The highest BCUT2D eigenvalue weighted by molar-refractivity contribution is 7.89. The van der Waals surface area contributed by atoms with Gasteiger partial charge in [-0.15, -0.1) is 0 Å². The standard InChI is InChI=1S/C24H23F3N4O2S/c1-14(24(25,26)27)30-34(32,33)18-9-7-16(8-10-18)23-20(12-28)19-11-21(15-5-6-15)29-13-22(19)31(23)17-3-2-4-17/h7-11,13-15,17,30H,2-6H2,1H3/t14-/m0/s1. The third-order valence-electron chi connectivity index (χ3n) is 6.72. The molecule has 1 atom stereocenters. The maximum absolute atomic E-state index is 12.8. The van der Waals surface area contributed by atoms with E-state index < -0.39 is 22.2 Å². The van der Waals surface area contributed by atoms with E-state index >= 15 is 0 Å². The van der Waals surface area contributed by atoms with Gasteiger partial charge in [-0.05, 0) is 62.8 Å². The van der Waals surface area contributed by atoms with Gasteiger partial charge >= 0.3 is 6.18 Å². The molecule has 1 aromatic carbocycles. The molecule has 2 aliphatic carbocycles. The van der Waals surface area contributed by atoms with Crippen LogP contribution in [0.25, 0.3) is 22.2 Å². The van der Waals surface area contributed by atoms with Crippen LogP contribution in [0.3, 0.4) is 0 Å². The molecule has 2 aromatic heterocycles. The number of rotatable bonds is 6. The van der Waals surface area contributed by atoms with Crippen molar-refractivity contribution in [2.24, 2.45) is 0 Å². The molecule has 10 heteroatoms. The minimum atomic E-state index is -4.69. The first kappa shape index (κ1) is 22.9. The molecule has 5 rings (SSSR count). The molecule has 2 aliphatic rings. The molecule has 2 heterocycles. The second-order valence-electron chi connectivity index (χ2n) is 9.10. The van der Waals surface area contributed by atoms with Gasteiger partial charge in [-0.3, -0.25) is 4.98 Å². The average molecular weight is 489 g/mol. The number of aromatic nitrogens is 2. The summed E-state index contributed by atoms with van der Waals surface area (Å²) in [6, 6.07) is 7.97. The molecule has 0 saturated heterocycles. The number of sulfonamides is 1. The quantitative estimate of drug-likeness (QED) is 0.503. The summed E-state index contributed by atoms with van der Waals surface area (Å²) in [7, 11) is -4.36. The van der Waals surface area contributed by atoms with E-state index in [2.05, 4.69) is 15.6 Å². The van der Waals surface area contributed by atoms with Crippen LogP contribution in [0, 0.1) is 11.3 Å². The van der Waals surface area contributed by atoms with Gasteiger partial charge in [0.2, 0.25) is 10.0 Å². The van der Waals surface area contributed by atoms with Gasteiger partial charge in [-0.25, -0.2) is 8.42 Å². The highest BCUT2D eigenvalue weighted by atomic mass is 32.2. The second kappa shape index (κ2) is 8.10. The molecular weight excluding hydrogens is 465 g/mol. The predicted octanol–water partition coefficient (Wildman–Crippen LogP) is 5.41. The van der Waals surface area contributed by atoms with Crippen LogP contribution in [0.2, 0.25) is 0 Å². The summed E-state index contributed by atoms with van der Waals surface area (Å²) < 4.78 is 67.2. The van der Waals surface area contributed by atoms with Crippen molar-refractivity contribution in [3.8, 4) is 17.3 Å². The topological polar surface area (TPSA) is 87.8 Å². The number of pyridine rings is 1. The number of hydrogen-bond donors (Lipinski definition) is 1. The van der Waals surface area contributed by atoms with Gasteiger partial charge in [0.25, 0.3) is 0 Å². The molecule has 0 radical (unpaired) electrons. The maximum atomic E-state index is 12.8. The fourth-order valence-electron chi connectivity index (χ4n) is 4.41. The first-order valence-electron chi connectivity index (χ1n) is 11.2. The number of nitriles is 1. The Morgan fingerprint density at radius 3 is 2.38 bits per heavy atom. The summed E-state index contributed by atoms with van der Waals surface area (Å²) in [6.45, 7) is 0.756. The minimum absolute atomic E-state index is 0.214. The lowest BCUT2D eigenvalue weighted by molar-refractivity contribution is -0.147. The highest BCUT2D eigenvalue weighted by Crippen LogP contribution is 2.45. The molecule has 0 aliphatic heterocycles. The zero-order valence-corrected chi connectivity index (χ0v) is 19.2. The van der Waals surface area contributed by atoms with E-state index in [1.54, 1.807) is 16.9 Å². The van der Waals surface area contributed by atoms with Crippen LogP contribution in [0.4, 0.5) is 13.2 Å². The SMILES string of the molecule is C[C@H](NS(=O)(=O)c1ccc(-c2c(C#N)c3cc(C4CC4)ncc3n2C2CCC2)cc1)C(F)(F)F. The zero-order chi connectivity index (χ0) is 24.3. The van der Waals surface area contributed by atoms with E-state index in [1.165, 1.54) is 12.1 Å². The van der Waals surface area contributed by atoms with Crippen LogP contribution in [-0.4, -0.2) is 30.2 Å². The zero-order valence-electron chi connectivity index (χ0n) is 18.4. The van der Waals surface area contributed by atoms with Gasteiger partial charge in [0.1, 0.15) is 12.1 Å². The van der Waals surface area contributed by atoms with Gasteiger partial charge in [0.05, 0.1) is 27.9 Å². The summed E-state index contributed by atoms with van der Waals surface area (Å²) in [5, 5.41) is 10.9. The van der Waals surface area contributed by atoms with E-state index in [0.717, 1.165) is 55.6 Å². The van der Waals surface area contributed by atoms with Crippen LogP contribution in [-0.2, 0) is 10.0 Å². The monoisotopic (exact) mass is 488 g/mol.